The van der Waals surface area contributed by atoms with Gasteiger partial charge in [0.1, 0.15) is 5.82 Å². The minimum absolute atomic E-state index is 0.0490. The van der Waals surface area contributed by atoms with Crippen molar-refractivity contribution < 1.29 is 19.1 Å². The number of amides is 1. The summed E-state index contributed by atoms with van der Waals surface area (Å²) in [5.41, 5.74) is 5.80. The number of fused-ring (bicyclic) bond motifs is 1. The van der Waals surface area contributed by atoms with Crippen molar-refractivity contribution in [3.8, 4) is 0 Å². The highest BCUT2D eigenvalue weighted by molar-refractivity contribution is 6.37. The summed E-state index contributed by atoms with van der Waals surface area (Å²) in [5.74, 6) is -1.57. The largest absolute Gasteiger partial charge is 0.481 e. The van der Waals surface area contributed by atoms with Gasteiger partial charge in [-0.3, -0.25) is 14.5 Å². The summed E-state index contributed by atoms with van der Waals surface area (Å²) >= 11 is 0. The molecule has 0 bridgehead atoms. The monoisotopic (exact) mass is 514 g/mol. The first-order chi connectivity index (χ1) is 18.4. The Labute approximate surface area is 221 Å². The van der Waals surface area contributed by atoms with E-state index in [1.165, 1.54) is 17.7 Å². The van der Waals surface area contributed by atoms with Crippen molar-refractivity contribution >= 4 is 34.5 Å². The number of hydrogen-bond acceptors (Lipinski definition) is 5. The van der Waals surface area contributed by atoms with Gasteiger partial charge in [0.2, 0.25) is 0 Å². The number of carboxylic acid groups (broad SMARTS) is 1. The molecule has 0 unspecified atom stereocenters. The van der Waals surface area contributed by atoms with Crippen LogP contribution < -0.4 is 10.6 Å². The highest BCUT2D eigenvalue weighted by Crippen LogP contribution is 2.38. The van der Waals surface area contributed by atoms with Crippen molar-refractivity contribution in [1.29, 1.82) is 0 Å². The van der Waals surface area contributed by atoms with E-state index >= 15 is 0 Å². The molecule has 2 aliphatic rings. The summed E-state index contributed by atoms with van der Waals surface area (Å²) in [6.45, 7) is 5.12. The van der Waals surface area contributed by atoms with Gasteiger partial charge in [0.05, 0.1) is 17.0 Å². The molecular formula is C30H31FN4O3. The zero-order valence-electron chi connectivity index (χ0n) is 21.3. The number of anilines is 2. The van der Waals surface area contributed by atoms with Crippen LogP contribution in [0.2, 0.25) is 0 Å². The molecular weight excluding hydrogens is 483 g/mol. The van der Waals surface area contributed by atoms with E-state index in [9.17, 15) is 14.0 Å². The van der Waals surface area contributed by atoms with Crippen LogP contribution in [0.25, 0.3) is 11.3 Å². The Morgan fingerprint density at radius 2 is 1.66 bits per heavy atom. The number of aliphatic carboxylic acids is 1. The molecule has 3 aromatic rings. The number of likely N-dealkylation sites (N-methyl/N-ethyl adjacent to an activating group) is 1. The SMILES string of the molecule is CN1CCN(Cc2ccc(N/C(=C3\C(=O)Nc4cc(F)ccc43)c3ccc(CCC(=O)O)cc3)cc2)CC1. The average Bonchev–Trinajstić information content (AvgIpc) is 3.23. The van der Waals surface area contributed by atoms with Crippen LogP contribution in [0.15, 0.2) is 66.7 Å². The molecule has 3 N–H and O–H groups in total. The number of benzene rings is 3. The number of hydrogen-bond donors (Lipinski definition) is 3. The van der Waals surface area contributed by atoms with Gasteiger partial charge in [0, 0.05) is 50.4 Å². The van der Waals surface area contributed by atoms with E-state index in [1.54, 1.807) is 6.07 Å². The molecule has 196 valence electrons. The quantitative estimate of drug-likeness (QED) is 0.383. The summed E-state index contributed by atoms with van der Waals surface area (Å²) in [4.78, 5) is 28.8. The van der Waals surface area contributed by atoms with Crippen LogP contribution in [0.3, 0.4) is 0 Å². The van der Waals surface area contributed by atoms with Crippen molar-refractivity contribution in [2.24, 2.45) is 0 Å². The van der Waals surface area contributed by atoms with Gasteiger partial charge in [-0.2, -0.15) is 0 Å². The van der Waals surface area contributed by atoms with Crippen LogP contribution >= 0.6 is 0 Å². The number of halogens is 1. The van der Waals surface area contributed by atoms with E-state index in [1.807, 2.05) is 36.4 Å². The topological polar surface area (TPSA) is 84.9 Å². The van der Waals surface area contributed by atoms with Crippen LogP contribution in [0, 0.1) is 5.82 Å². The van der Waals surface area contributed by atoms with Crippen molar-refractivity contribution in [2.45, 2.75) is 19.4 Å². The van der Waals surface area contributed by atoms with Gasteiger partial charge in [-0.25, -0.2) is 4.39 Å². The van der Waals surface area contributed by atoms with E-state index in [0.29, 0.717) is 28.9 Å². The molecule has 8 heteroatoms. The van der Waals surface area contributed by atoms with Gasteiger partial charge in [-0.1, -0.05) is 36.4 Å². The van der Waals surface area contributed by atoms with E-state index in [4.69, 9.17) is 5.11 Å². The third kappa shape index (κ3) is 5.93. The lowest BCUT2D eigenvalue weighted by atomic mass is 9.98. The zero-order chi connectivity index (χ0) is 26.6. The zero-order valence-corrected chi connectivity index (χ0v) is 21.3. The van der Waals surface area contributed by atoms with Crippen LogP contribution in [-0.4, -0.2) is 60.0 Å². The molecule has 3 aromatic carbocycles. The number of carbonyl (C=O) groups excluding carboxylic acids is 1. The van der Waals surface area contributed by atoms with Crippen molar-refractivity contribution in [1.82, 2.24) is 9.80 Å². The predicted molar refractivity (Wildman–Crippen MR) is 147 cm³/mol. The molecule has 0 radical (unpaired) electrons. The maximum atomic E-state index is 13.9. The van der Waals surface area contributed by atoms with Crippen LogP contribution in [0.5, 0.6) is 0 Å². The molecule has 0 atom stereocenters. The minimum Gasteiger partial charge on any atom is -0.481 e. The molecule has 7 nitrogen and oxygen atoms in total. The Morgan fingerprint density at radius 3 is 2.34 bits per heavy atom. The lowest BCUT2D eigenvalue weighted by Gasteiger charge is -2.32. The second-order valence-corrected chi connectivity index (χ2v) is 9.89. The lowest BCUT2D eigenvalue weighted by Crippen LogP contribution is -2.43. The minimum atomic E-state index is -0.846. The Hall–Kier alpha value is -4.01. The Bertz CT molecular complexity index is 1360. The first-order valence-electron chi connectivity index (χ1n) is 12.8. The maximum Gasteiger partial charge on any atom is 0.303 e. The highest BCUT2D eigenvalue weighted by Gasteiger charge is 2.29. The first-order valence-corrected chi connectivity index (χ1v) is 12.8. The van der Waals surface area contributed by atoms with E-state index in [2.05, 4.69) is 39.6 Å². The van der Waals surface area contributed by atoms with Gasteiger partial charge in [0.15, 0.2) is 0 Å². The smallest absolute Gasteiger partial charge is 0.303 e. The lowest BCUT2D eigenvalue weighted by molar-refractivity contribution is -0.137. The summed E-state index contributed by atoms with van der Waals surface area (Å²) < 4.78 is 13.9. The fourth-order valence-corrected chi connectivity index (χ4v) is 4.86. The summed E-state index contributed by atoms with van der Waals surface area (Å²) in [5, 5.41) is 15.2. The number of piperazine rings is 1. The second-order valence-electron chi connectivity index (χ2n) is 9.89. The average molecular weight is 515 g/mol. The van der Waals surface area contributed by atoms with Gasteiger partial charge in [-0.05, 0) is 60.5 Å². The number of nitrogens with zero attached hydrogens (tertiary/aromatic N) is 2. The predicted octanol–water partition coefficient (Wildman–Crippen LogP) is 4.52. The van der Waals surface area contributed by atoms with Crippen LogP contribution in [-0.2, 0) is 22.6 Å². The molecule has 1 saturated heterocycles. The summed E-state index contributed by atoms with van der Waals surface area (Å²) in [7, 11) is 2.15. The van der Waals surface area contributed by atoms with Gasteiger partial charge >= 0.3 is 5.97 Å². The number of rotatable bonds is 8. The molecule has 0 spiro atoms. The fraction of sp³-hybridized carbons (Fsp3) is 0.267. The van der Waals surface area contributed by atoms with Crippen molar-refractivity contribution in [3.63, 3.8) is 0 Å². The standard InChI is InChI=1S/C30H31FN4O3/c1-34-14-16-35(17-15-34)19-21-4-10-24(11-5-21)32-29(22-7-2-20(3-8-22)6-13-27(36)37)28-25-12-9-23(31)18-26(25)33-30(28)38/h2-5,7-12,18,32H,6,13-17,19H2,1H3,(H,33,38)(H,36,37)/b29-28-. The molecule has 1 fully saturated rings. The van der Waals surface area contributed by atoms with Crippen molar-refractivity contribution in [3.05, 3.63) is 94.8 Å². The van der Waals surface area contributed by atoms with Crippen LogP contribution in [0.4, 0.5) is 15.8 Å². The first kappa shape index (κ1) is 25.6. The number of nitrogens with one attached hydrogen (secondary N) is 2. The Kier molecular flexibility index (Phi) is 7.53. The summed E-state index contributed by atoms with van der Waals surface area (Å²) in [6.07, 6.45) is 0.472. The number of carbonyl (C=O) groups is 2. The molecule has 2 aliphatic heterocycles. The third-order valence-corrected chi connectivity index (χ3v) is 7.07. The van der Waals surface area contributed by atoms with Gasteiger partial charge in [-0.15, -0.1) is 0 Å². The number of aryl methyl sites for hydroxylation is 1. The fourth-order valence-electron chi connectivity index (χ4n) is 4.86. The van der Waals surface area contributed by atoms with Crippen molar-refractivity contribution in [2.75, 3.05) is 43.9 Å². The van der Waals surface area contributed by atoms with E-state index in [-0.39, 0.29) is 12.3 Å². The Morgan fingerprint density at radius 1 is 0.974 bits per heavy atom. The van der Waals surface area contributed by atoms with Crippen LogP contribution in [0.1, 0.15) is 28.7 Å². The molecule has 38 heavy (non-hydrogen) atoms. The van der Waals surface area contributed by atoms with E-state index < -0.39 is 11.8 Å². The molecule has 5 rings (SSSR count). The molecule has 1 amide bonds. The Balaban J connectivity index is 1.44. The molecule has 2 heterocycles. The highest BCUT2D eigenvalue weighted by atomic mass is 19.1. The molecule has 0 saturated carbocycles. The van der Waals surface area contributed by atoms with E-state index in [0.717, 1.165) is 49.5 Å². The molecule has 0 aromatic heterocycles. The summed E-state index contributed by atoms with van der Waals surface area (Å²) in [6, 6.07) is 20.0. The maximum absolute atomic E-state index is 13.9. The van der Waals surface area contributed by atoms with Gasteiger partial charge in [0.25, 0.3) is 5.91 Å². The third-order valence-electron chi connectivity index (χ3n) is 7.07. The number of carboxylic acids is 1. The molecule has 0 aliphatic carbocycles. The normalized spacial score (nSPS) is 17.2. The van der Waals surface area contributed by atoms with Gasteiger partial charge < -0.3 is 20.6 Å². The second kappa shape index (κ2) is 11.2.